The van der Waals surface area contributed by atoms with Crippen molar-refractivity contribution in [2.45, 2.75) is 64.0 Å². The molecule has 2 aromatic rings. The maximum atomic E-state index is 8.87. The number of aliphatic hydroxyl groups is 1. The minimum atomic E-state index is -1.72. The van der Waals surface area contributed by atoms with E-state index in [9.17, 15) is 0 Å². The molecule has 2 aliphatic rings. The van der Waals surface area contributed by atoms with Crippen LogP contribution >= 0.6 is 31.9 Å². The fourth-order valence-corrected chi connectivity index (χ4v) is 4.75. The maximum absolute atomic E-state index is 8.87. The van der Waals surface area contributed by atoms with Gasteiger partial charge in [-0.15, -0.1) is 0 Å². The standard InChI is InChI=1S/C16H24BrNO2Si.C10H10BrNO2/c1-16(2,3)21(4,5)19-11-14-10-15(18-20-14)12-6-8-13(17)9-7-12;11-8-3-1-7(2-4-8)10-5-9(6-13)14-12-10/h6-9,14H,10-11H2,1-5H3;1-4,9,13H,5-6H2. The van der Waals surface area contributed by atoms with Crippen molar-refractivity contribution in [2.75, 3.05) is 13.2 Å². The predicted molar refractivity (Wildman–Crippen MR) is 151 cm³/mol. The quantitative estimate of drug-likeness (QED) is 0.355. The molecule has 4 rings (SSSR count). The van der Waals surface area contributed by atoms with Crippen LogP contribution in [-0.4, -0.2) is 50.3 Å². The number of aliphatic hydroxyl groups excluding tert-OH is 1. The number of halogens is 2. The number of rotatable bonds is 6. The monoisotopic (exact) mass is 624 g/mol. The Balaban J connectivity index is 0.000000211. The highest BCUT2D eigenvalue weighted by molar-refractivity contribution is 9.10. The molecular weight excluding hydrogens is 592 g/mol. The lowest BCUT2D eigenvalue weighted by Gasteiger charge is -2.36. The average molecular weight is 626 g/mol. The molecule has 0 aromatic heterocycles. The zero-order valence-corrected chi connectivity index (χ0v) is 25.1. The van der Waals surface area contributed by atoms with Crippen molar-refractivity contribution < 1.29 is 19.2 Å². The Morgan fingerprint density at radius 2 is 1.29 bits per heavy atom. The van der Waals surface area contributed by atoms with Gasteiger partial charge < -0.3 is 19.2 Å². The maximum Gasteiger partial charge on any atom is 0.192 e. The molecular formula is C26H34Br2N2O4Si. The van der Waals surface area contributed by atoms with E-state index in [2.05, 4.69) is 88.2 Å². The Hall–Kier alpha value is -1.52. The summed E-state index contributed by atoms with van der Waals surface area (Å²) in [6.45, 7) is 11.9. The van der Waals surface area contributed by atoms with Gasteiger partial charge in [0.1, 0.15) is 0 Å². The molecule has 2 atom stereocenters. The minimum absolute atomic E-state index is 0.0174. The lowest BCUT2D eigenvalue weighted by atomic mass is 10.1. The molecule has 0 radical (unpaired) electrons. The number of benzene rings is 2. The fourth-order valence-electron chi connectivity index (χ4n) is 3.19. The van der Waals surface area contributed by atoms with Crippen molar-refractivity contribution >= 4 is 51.6 Å². The van der Waals surface area contributed by atoms with Crippen LogP contribution in [0.25, 0.3) is 0 Å². The van der Waals surface area contributed by atoms with E-state index in [0.717, 1.165) is 37.9 Å². The summed E-state index contributed by atoms with van der Waals surface area (Å²) >= 11 is 6.81. The Kier molecular flexibility index (Phi) is 9.73. The van der Waals surface area contributed by atoms with Crippen LogP contribution in [0.4, 0.5) is 0 Å². The molecule has 0 saturated carbocycles. The van der Waals surface area contributed by atoms with Crippen molar-refractivity contribution in [3.63, 3.8) is 0 Å². The van der Waals surface area contributed by atoms with Gasteiger partial charge in [-0.1, -0.05) is 87.2 Å². The smallest absolute Gasteiger partial charge is 0.192 e. The normalized spacial score (nSPS) is 19.8. The summed E-state index contributed by atoms with van der Waals surface area (Å²) in [6, 6.07) is 16.0. The number of hydrogen-bond donors (Lipinski definition) is 1. The van der Waals surface area contributed by atoms with Crippen LogP contribution < -0.4 is 0 Å². The molecule has 35 heavy (non-hydrogen) atoms. The van der Waals surface area contributed by atoms with Gasteiger partial charge >= 0.3 is 0 Å². The zero-order chi connectivity index (χ0) is 25.6. The summed E-state index contributed by atoms with van der Waals surface area (Å²) in [5, 5.41) is 17.2. The van der Waals surface area contributed by atoms with Crippen molar-refractivity contribution in [1.82, 2.24) is 0 Å². The molecule has 9 heteroatoms. The molecule has 190 valence electrons. The molecule has 0 spiro atoms. The lowest BCUT2D eigenvalue weighted by Crippen LogP contribution is -2.42. The molecule has 0 saturated heterocycles. The van der Waals surface area contributed by atoms with Gasteiger partial charge in [0.05, 0.1) is 24.6 Å². The van der Waals surface area contributed by atoms with Crippen LogP contribution in [0.1, 0.15) is 44.7 Å². The first-order valence-electron chi connectivity index (χ1n) is 11.7. The van der Waals surface area contributed by atoms with Crippen LogP contribution in [0.3, 0.4) is 0 Å². The van der Waals surface area contributed by atoms with Gasteiger partial charge in [-0.05, 0) is 53.5 Å². The fraction of sp³-hybridized carbons (Fsp3) is 0.462. The highest BCUT2D eigenvalue weighted by Crippen LogP contribution is 2.37. The summed E-state index contributed by atoms with van der Waals surface area (Å²) in [5.41, 5.74) is 4.07. The van der Waals surface area contributed by atoms with Crippen molar-refractivity contribution in [3.8, 4) is 0 Å². The molecule has 0 aliphatic carbocycles. The number of oxime groups is 2. The van der Waals surface area contributed by atoms with Gasteiger partial charge in [0.25, 0.3) is 0 Å². The van der Waals surface area contributed by atoms with Crippen LogP contribution in [0.15, 0.2) is 67.8 Å². The summed E-state index contributed by atoms with van der Waals surface area (Å²) < 4.78 is 8.33. The van der Waals surface area contributed by atoms with Crippen molar-refractivity contribution in [1.29, 1.82) is 0 Å². The topological polar surface area (TPSA) is 72.6 Å². The first kappa shape index (κ1) is 28.1. The van der Waals surface area contributed by atoms with Crippen molar-refractivity contribution in [2.24, 2.45) is 10.3 Å². The molecule has 2 aromatic carbocycles. The molecule has 2 heterocycles. The molecule has 6 nitrogen and oxygen atoms in total. The average Bonchev–Trinajstić information content (AvgIpc) is 3.48. The third-order valence-electron chi connectivity index (χ3n) is 6.46. The largest absolute Gasteiger partial charge is 0.413 e. The van der Waals surface area contributed by atoms with Crippen LogP contribution in [-0.2, 0) is 14.1 Å². The van der Waals surface area contributed by atoms with Crippen LogP contribution in [0.5, 0.6) is 0 Å². The van der Waals surface area contributed by atoms with E-state index < -0.39 is 8.32 Å². The Bertz CT molecular complexity index is 1030. The van der Waals surface area contributed by atoms with Gasteiger partial charge in [-0.3, -0.25) is 0 Å². The summed E-state index contributed by atoms with van der Waals surface area (Å²) in [5.74, 6) is 0. The Morgan fingerprint density at radius 3 is 1.69 bits per heavy atom. The number of nitrogens with zero attached hydrogens (tertiary/aromatic N) is 2. The SMILES string of the molecule is CC(C)(C)[Si](C)(C)OCC1CC(c2ccc(Br)cc2)=NO1.OCC1CC(c2ccc(Br)cc2)=NO1. The first-order valence-corrected chi connectivity index (χ1v) is 16.2. The van der Waals surface area contributed by atoms with E-state index in [0.29, 0.717) is 13.0 Å². The lowest BCUT2D eigenvalue weighted by molar-refractivity contribution is 0.0390. The minimum Gasteiger partial charge on any atom is -0.413 e. The second-order valence-electron chi connectivity index (χ2n) is 10.2. The van der Waals surface area contributed by atoms with Gasteiger partial charge in [-0.25, -0.2) is 0 Å². The van der Waals surface area contributed by atoms with Gasteiger partial charge in [-0.2, -0.15) is 0 Å². The molecule has 0 fully saturated rings. The van der Waals surface area contributed by atoms with E-state index in [4.69, 9.17) is 19.2 Å². The van der Waals surface area contributed by atoms with E-state index >= 15 is 0 Å². The van der Waals surface area contributed by atoms with Crippen molar-refractivity contribution in [3.05, 3.63) is 68.6 Å². The molecule has 0 amide bonds. The molecule has 0 bridgehead atoms. The van der Waals surface area contributed by atoms with E-state index in [1.807, 2.05) is 36.4 Å². The second kappa shape index (κ2) is 12.1. The Labute approximate surface area is 226 Å². The highest BCUT2D eigenvalue weighted by atomic mass is 79.9. The van der Waals surface area contributed by atoms with Gasteiger partial charge in [0, 0.05) is 21.8 Å². The zero-order valence-electron chi connectivity index (χ0n) is 20.9. The molecule has 2 aliphatic heterocycles. The highest BCUT2D eigenvalue weighted by Gasteiger charge is 2.38. The van der Waals surface area contributed by atoms with Gasteiger partial charge in [0.2, 0.25) is 0 Å². The number of hydrogen-bond acceptors (Lipinski definition) is 6. The molecule has 1 N–H and O–H groups in total. The third-order valence-corrected chi connectivity index (χ3v) is 12.0. The Morgan fingerprint density at radius 1 is 0.857 bits per heavy atom. The summed E-state index contributed by atoms with van der Waals surface area (Å²) in [6.07, 6.45) is 1.36. The second-order valence-corrected chi connectivity index (χ2v) is 16.8. The van der Waals surface area contributed by atoms with Crippen LogP contribution in [0, 0.1) is 0 Å². The van der Waals surface area contributed by atoms with E-state index in [1.54, 1.807) is 0 Å². The van der Waals surface area contributed by atoms with E-state index in [1.165, 1.54) is 0 Å². The molecule has 2 unspecified atom stereocenters. The summed E-state index contributed by atoms with van der Waals surface area (Å²) in [7, 11) is -1.72. The third kappa shape index (κ3) is 7.98. The van der Waals surface area contributed by atoms with Gasteiger partial charge in [0.15, 0.2) is 20.5 Å². The van der Waals surface area contributed by atoms with Crippen LogP contribution in [0.2, 0.25) is 18.1 Å². The van der Waals surface area contributed by atoms with E-state index in [-0.39, 0.29) is 23.9 Å². The first-order chi connectivity index (χ1) is 16.5. The summed E-state index contributed by atoms with van der Waals surface area (Å²) in [4.78, 5) is 10.6. The predicted octanol–water partition coefficient (Wildman–Crippen LogP) is 6.90.